The van der Waals surface area contributed by atoms with Gasteiger partial charge in [-0.2, -0.15) is 0 Å². The van der Waals surface area contributed by atoms with Gasteiger partial charge >= 0.3 is 0 Å². The number of benzene rings is 1. The number of carbonyl (C=O) groups excluding carboxylic acids is 1. The Balaban J connectivity index is 2.83. The summed E-state index contributed by atoms with van der Waals surface area (Å²) in [7, 11) is 0. The van der Waals surface area contributed by atoms with Gasteiger partial charge in [0.2, 0.25) is 0 Å². The second-order valence-corrected chi connectivity index (χ2v) is 3.40. The third kappa shape index (κ3) is 1.02. The number of hydrogen-bond acceptors (Lipinski definition) is 2. The van der Waals surface area contributed by atoms with Gasteiger partial charge in [0, 0.05) is 15.6 Å². The molecule has 0 radical (unpaired) electrons. The van der Waals surface area contributed by atoms with Crippen LogP contribution in [0.5, 0.6) is 0 Å². The van der Waals surface area contributed by atoms with E-state index in [2.05, 4.69) is 0 Å². The molecule has 0 aliphatic carbocycles. The minimum Gasteiger partial charge on any atom is -0.298 e. The van der Waals surface area contributed by atoms with Crippen LogP contribution in [0.15, 0.2) is 23.6 Å². The van der Waals surface area contributed by atoms with E-state index in [0.717, 1.165) is 4.70 Å². The van der Waals surface area contributed by atoms with Crippen LogP contribution in [0, 0.1) is 5.82 Å². The number of halogens is 1. The van der Waals surface area contributed by atoms with Crippen molar-refractivity contribution in [2.24, 2.45) is 0 Å². The Labute approximate surface area is 72.4 Å². The van der Waals surface area contributed by atoms with Crippen LogP contribution in [0.1, 0.15) is 10.4 Å². The molecule has 0 amide bonds. The zero-order valence-electron chi connectivity index (χ0n) is 6.08. The zero-order valence-corrected chi connectivity index (χ0v) is 6.90. The van der Waals surface area contributed by atoms with E-state index >= 15 is 0 Å². The molecule has 1 heterocycles. The Morgan fingerprint density at radius 3 is 3.00 bits per heavy atom. The number of rotatable bonds is 1. The summed E-state index contributed by atoms with van der Waals surface area (Å²) in [5.74, 6) is -0.323. The summed E-state index contributed by atoms with van der Waals surface area (Å²) < 4.78 is 13.9. The first-order valence-corrected chi connectivity index (χ1v) is 4.31. The minimum absolute atomic E-state index is 0.323. The predicted molar refractivity (Wildman–Crippen MR) is 47.2 cm³/mol. The predicted octanol–water partition coefficient (Wildman–Crippen LogP) is 2.85. The molecule has 12 heavy (non-hydrogen) atoms. The average molecular weight is 180 g/mol. The Kier molecular flexibility index (Phi) is 1.66. The van der Waals surface area contributed by atoms with Crippen molar-refractivity contribution >= 4 is 27.7 Å². The van der Waals surface area contributed by atoms with Gasteiger partial charge in [0.1, 0.15) is 12.1 Å². The van der Waals surface area contributed by atoms with E-state index in [1.165, 1.54) is 17.4 Å². The molecule has 2 rings (SSSR count). The summed E-state index contributed by atoms with van der Waals surface area (Å²) in [6.07, 6.45) is 0.655. The standard InChI is InChI=1S/C9H5FOS/c10-8-3-6(5-11)4-9-7(8)1-2-12-9/h1-5H. The van der Waals surface area contributed by atoms with Crippen molar-refractivity contribution in [1.82, 2.24) is 0 Å². The molecule has 0 bridgehead atoms. The van der Waals surface area contributed by atoms with Gasteiger partial charge < -0.3 is 0 Å². The summed E-state index contributed by atoms with van der Waals surface area (Å²) in [4.78, 5) is 10.4. The van der Waals surface area contributed by atoms with E-state index in [9.17, 15) is 9.18 Å². The van der Waals surface area contributed by atoms with Crippen molar-refractivity contribution in [3.63, 3.8) is 0 Å². The Bertz CT molecular complexity index is 433. The third-order valence-electron chi connectivity index (χ3n) is 1.68. The number of thiophene rings is 1. The van der Waals surface area contributed by atoms with Gasteiger partial charge in [0.25, 0.3) is 0 Å². The maximum Gasteiger partial charge on any atom is 0.150 e. The normalized spacial score (nSPS) is 10.4. The summed E-state index contributed by atoms with van der Waals surface area (Å²) >= 11 is 1.43. The molecular weight excluding hydrogens is 175 g/mol. The summed E-state index contributed by atoms with van der Waals surface area (Å²) in [5.41, 5.74) is 0.391. The molecule has 0 N–H and O–H groups in total. The zero-order chi connectivity index (χ0) is 8.55. The van der Waals surface area contributed by atoms with Crippen molar-refractivity contribution in [3.8, 4) is 0 Å². The highest BCUT2D eigenvalue weighted by atomic mass is 32.1. The number of aldehydes is 1. The maximum atomic E-state index is 13.1. The van der Waals surface area contributed by atoms with Crippen LogP contribution in [0.25, 0.3) is 10.1 Å². The van der Waals surface area contributed by atoms with Crippen LogP contribution in [-0.4, -0.2) is 6.29 Å². The molecule has 1 aromatic carbocycles. The molecule has 0 aliphatic rings. The molecule has 0 atom stereocenters. The highest BCUT2D eigenvalue weighted by Gasteiger charge is 2.03. The fourth-order valence-corrected chi connectivity index (χ4v) is 1.96. The van der Waals surface area contributed by atoms with Crippen molar-refractivity contribution < 1.29 is 9.18 Å². The molecule has 2 aromatic rings. The van der Waals surface area contributed by atoms with Crippen molar-refractivity contribution in [1.29, 1.82) is 0 Å². The van der Waals surface area contributed by atoms with Gasteiger partial charge in [0.05, 0.1) is 0 Å². The Morgan fingerprint density at radius 2 is 2.25 bits per heavy atom. The van der Waals surface area contributed by atoms with Gasteiger partial charge in [-0.3, -0.25) is 4.79 Å². The molecule has 1 aromatic heterocycles. The quantitative estimate of drug-likeness (QED) is 0.617. The van der Waals surface area contributed by atoms with E-state index < -0.39 is 0 Å². The molecule has 0 saturated carbocycles. The average Bonchev–Trinajstić information content (AvgIpc) is 2.52. The van der Waals surface area contributed by atoms with Crippen LogP contribution >= 0.6 is 11.3 Å². The molecule has 0 aliphatic heterocycles. The van der Waals surface area contributed by atoms with Crippen LogP contribution in [0.4, 0.5) is 4.39 Å². The third-order valence-corrected chi connectivity index (χ3v) is 2.54. The second-order valence-electron chi connectivity index (χ2n) is 2.45. The lowest BCUT2D eigenvalue weighted by molar-refractivity contribution is 0.112. The lowest BCUT2D eigenvalue weighted by Crippen LogP contribution is -1.81. The van der Waals surface area contributed by atoms with Crippen LogP contribution in [0.3, 0.4) is 0 Å². The monoisotopic (exact) mass is 180 g/mol. The van der Waals surface area contributed by atoms with Crippen molar-refractivity contribution in [2.75, 3.05) is 0 Å². The van der Waals surface area contributed by atoms with E-state index in [-0.39, 0.29) is 5.82 Å². The maximum absolute atomic E-state index is 13.1. The van der Waals surface area contributed by atoms with Gasteiger partial charge in [-0.15, -0.1) is 11.3 Å². The topological polar surface area (TPSA) is 17.1 Å². The number of carbonyl (C=O) groups is 1. The fourth-order valence-electron chi connectivity index (χ4n) is 1.12. The van der Waals surface area contributed by atoms with E-state index in [1.807, 2.05) is 5.38 Å². The van der Waals surface area contributed by atoms with E-state index in [4.69, 9.17) is 0 Å². The number of hydrogen-bond donors (Lipinski definition) is 0. The lowest BCUT2D eigenvalue weighted by Gasteiger charge is -1.93. The van der Waals surface area contributed by atoms with E-state index in [1.54, 1.807) is 12.1 Å². The molecule has 0 unspecified atom stereocenters. The smallest absolute Gasteiger partial charge is 0.150 e. The SMILES string of the molecule is O=Cc1cc(F)c2ccsc2c1. The Morgan fingerprint density at radius 1 is 1.42 bits per heavy atom. The first-order valence-electron chi connectivity index (χ1n) is 3.43. The van der Waals surface area contributed by atoms with Gasteiger partial charge in [-0.25, -0.2) is 4.39 Å². The first kappa shape index (κ1) is 7.43. The molecule has 0 fully saturated rings. The molecular formula is C9H5FOS. The van der Waals surface area contributed by atoms with Crippen LogP contribution in [-0.2, 0) is 0 Å². The largest absolute Gasteiger partial charge is 0.298 e. The van der Waals surface area contributed by atoms with Crippen LogP contribution < -0.4 is 0 Å². The summed E-state index contributed by atoms with van der Waals surface area (Å²) in [6.45, 7) is 0. The molecule has 0 saturated heterocycles. The van der Waals surface area contributed by atoms with Crippen LogP contribution in [0.2, 0.25) is 0 Å². The fraction of sp³-hybridized carbons (Fsp3) is 0. The number of fused-ring (bicyclic) bond motifs is 1. The second kappa shape index (κ2) is 2.68. The lowest BCUT2D eigenvalue weighted by atomic mass is 10.2. The van der Waals surface area contributed by atoms with Gasteiger partial charge in [-0.1, -0.05) is 0 Å². The Hall–Kier alpha value is -1.22. The highest BCUT2D eigenvalue weighted by Crippen LogP contribution is 2.24. The summed E-state index contributed by atoms with van der Waals surface area (Å²) in [6, 6.07) is 4.65. The first-order chi connectivity index (χ1) is 5.81. The molecule has 0 spiro atoms. The van der Waals surface area contributed by atoms with Gasteiger partial charge in [-0.05, 0) is 23.6 Å². The van der Waals surface area contributed by atoms with Gasteiger partial charge in [0.15, 0.2) is 0 Å². The minimum atomic E-state index is -0.323. The molecule has 60 valence electrons. The molecule has 1 nitrogen and oxygen atoms in total. The van der Waals surface area contributed by atoms with Crippen molar-refractivity contribution in [2.45, 2.75) is 0 Å². The van der Waals surface area contributed by atoms with E-state index in [0.29, 0.717) is 17.2 Å². The molecule has 3 heteroatoms. The highest BCUT2D eigenvalue weighted by molar-refractivity contribution is 7.17. The summed E-state index contributed by atoms with van der Waals surface area (Å²) in [5, 5.41) is 2.40. The van der Waals surface area contributed by atoms with Crippen molar-refractivity contribution in [3.05, 3.63) is 35.0 Å².